The van der Waals surface area contributed by atoms with Crippen molar-refractivity contribution >= 4 is 28.6 Å². The van der Waals surface area contributed by atoms with Crippen LogP contribution in [0, 0.1) is 6.92 Å². The Kier molecular flexibility index (Phi) is 2.94. The molecule has 2 aromatic rings. The summed E-state index contributed by atoms with van der Waals surface area (Å²) in [4.78, 5) is 15.4. The summed E-state index contributed by atoms with van der Waals surface area (Å²) in [5.74, 6) is 1.32. The van der Waals surface area contributed by atoms with Crippen LogP contribution in [0.2, 0.25) is 0 Å². The fourth-order valence-electron chi connectivity index (χ4n) is 1.94. The maximum Gasteiger partial charge on any atom is 0.231 e. The van der Waals surface area contributed by atoms with Crippen LogP contribution in [-0.4, -0.2) is 23.4 Å². The van der Waals surface area contributed by atoms with E-state index in [0.29, 0.717) is 5.75 Å². The van der Waals surface area contributed by atoms with E-state index in [9.17, 15) is 4.79 Å². The van der Waals surface area contributed by atoms with Crippen molar-refractivity contribution in [3.63, 3.8) is 0 Å². The summed E-state index contributed by atoms with van der Waals surface area (Å²) in [6.07, 6.45) is 0. The predicted molar refractivity (Wildman–Crippen MR) is 72.5 cm³/mol. The molecule has 0 fully saturated rings. The number of ether oxygens (including phenoxy) is 2. The molecule has 0 radical (unpaired) electrons. The smallest absolute Gasteiger partial charge is 0.231 e. The number of nitrogens with two attached hydrogens (primary N) is 1. The average molecular weight is 276 g/mol. The van der Waals surface area contributed by atoms with Gasteiger partial charge in [0.05, 0.1) is 11.3 Å². The van der Waals surface area contributed by atoms with E-state index >= 15 is 0 Å². The Morgan fingerprint density at radius 2 is 2.11 bits per heavy atom. The lowest BCUT2D eigenvalue weighted by Gasteiger charge is -2.07. The van der Waals surface area contributed by atoms with E-state index in [1.165, 1.54) is 11.8 Å². The number of amides is 1. The Morgan fingerprint density at radius 1 is 1.37 bits per heavy atom. The third kappa shape index (κ3) is 2.31. The van der Waals surface area contributed by atoms with Crippen molar-refractivity contribution in [1.29, 1.82) is 0 Å². The molecule has 1 aliphatic heterocycles. The summed E-state index contributed by atoms with van der Waals surface area (Å²) in [6, 6.07) is 5.79. The van der Waals surface area contributed by atoms with E-state index in [0.717, 1.165) is 27.2 Å². The fourth-order valence-corrected chi connectivity index (χ4v) is 2.67. The zero-order chi connectivity index (χ0) is 13.4. The highest BCUT2D eigenvalue weighted by Crippen LogP contribution is 2.36. The van der Waals surface area contributed by atoms with Crippen molar-refractivity contribution in [2.75, 3.05) is 12.5 Å². The molecule has 19 heavy (non-hydrogen) atoms. The zero-order valence-electron chi connectivity index (χ0n) is 10.3. The van der Waals surface area contributed by atoms with Crippen molar-refractivity contribution in [3.8, 4) is 11.5 Å². The first-order chi connectivity index (χ1) is 9.13. The van der Waals surface area contributed by atoms with E-state index in [4.69, 9.17) is 15.2 Å². The van der Waals surface area contributed by atoms with Crippen LogP contribution in [-0.2, 0) is 4.79 Å². The molecule has 5 nitrogen and oxygen atoms in total. The van der Waals surface area contributed by atoms with Gasteiger partial charge < -0.3 is 15.2 Å². The summed E-state index contributed by atoms with van der Waals surface area (Å²) in [5, 5.41) is 1.80. The van der Waals surface area contributed by atoms with Gasteiger partial charge in [-0.25, -0.2) is 4.98 Å². The second-order valence-corrected chi connectivity index (χ2v) is 5.23. The average Bonchev–Trinajstić information content (AvgIpc) is 2.80. The molecule has 98 valence electrons. The third-order valence-corrected chi connectivity index (χ3v) is 3.92. The normalized spacial score (nSPS) is 12.9. The van der Waals surface area contributed by atoms with Gasteiger partial charge in [0.2, 0.25) is 12.7 Å². The third-order valence-electron chi connectivity index (χ3n) is 2.80. The van der Waals surface area contributed by atoms with Crippen molar-refractivity contribution in [2.45, 2.75) is 11.9 Å². The van der Waals surface area contributed by atoms with Gasteiger partial charge in [-0.1, -0.05) is 11.8 Å². The summed E-state index contributed by atoms with van der Waals surface area (Å²) in [7, 11) is 0. The first kappa shape index (κ1) is 12.1. The van der Waals surface area contributed by atoms with E-state index in [1.54, 1.807) is 0 Å². The lowest BCUT2D eigenvalue weighted by Crippen LogP contribution is -2.13. The minimum atomic E-state index is -0.350. The largest absolute Gasteiger partial charge is 0.454 e. The second kappa shape index (κ2) is 4.62. The number of pyridine rings is 1. The Balaban J connectivity index is 2.03. The number of aryl methyl sites for hydroxylation is 1. The van der Waals surface area contributed by atoms with Crippen LogP contribution in [0.25, 0.3) is 10.9 Å². The molecule has 0 unspecified atom stereocenters. The molecule has 0 atom stereocenters. The van der Waals surface area contributed by atoms with E-state index in [2.05, 4.69) is 4.98 Å². The molecular weight excluding hydrogens is 264 g/mol. The number of carbonyl (C=O) groups is 1. The number of hydrogen-bond donors (Lipinski definition) is 1. The maximum atomic E-state index is 10.8. The Morgan fingerprint density at radius 3 is 2.84 bits per heavy atom. The van der Waals surface area contributed by atoms with Crippen LogP contribution in [0.5, 0.6) is 11.5 Å². The highest BCUT2D eigenvalue weighted by atomic mass is 32.2. The van der Waals surface area contributed by atoms with E-state index in [1.807, 2.05) is 25.1 Å². The number of carbonyl (C=O) groups excluding carboxylic acids is 1. The number of primary amides is 1. The SMILES string of the molecule is Cc1cc2cc3c(cc2nc1SCC(N)=O)OCO3. The van der Waals surface area contributed by atoms with Crippen LogP contribution in [0.4, 0.5) is 0 Å². The Labute approximate surface area is 114 Å². The Hall–Kier alpha value is -1.95. The molecule has 6 heteroatoms. The van der Waals surface area contributed by atoms with Gasteiger partial charge >= 0.3 is 0 Å². The fraction of sp³-hybridized carbons (Fsp3) is 0.231. The quantitative estimate of drug-likeness (QED) is 0.866. The van der Waals surface area contributed by atoms with Gasteiger partial charge in [0.25, 0.3) is 0 Å². The highest BCUT2D eigenvalue weighted by molar-refractivity contribution is 7.99. The molecule has 1 amide bonds. The van der Waals surface area contributed by atoms with Gasteiger partial charge in [0.15, 0.2) is 11.5 Å². The molecule has 1 aromatic heterocycles. The molecular formula is C13H12N2O3S. The Bertz CT molecular complexity index is 672. The van der Waals surface area contributed by atoms with Gasteiger partial charge in [-0.15, -0.1) is 0 Å². The van der Waals surface area contributed by atoms with Gasteiger partial charge in [0, 0.05) is 11.5 Å². The van der Waals surface area contributed by atoms with Gasteiger partial charge in [-0.3, -0.25) is 4.79 Å². The molecule has 0 aliphatic carbocycles. The minimum Gasteiger partial charge on any atom is -0.454 e. The van der Waals surface area contributed by atoms with Crippen LogP contribution < -0.4 is 15.2 Å². The molecule has 0 saturated heterocycles. The second-order valence-electron chi connectivity index (χ2n) is 4.26. The van der Waals surface area contributed by atoms with Gasteiger partial charge in [-0.2, -0.15) is 0 Å². The lowest BCUT2D eigenvalue weighted by atomic mass is 10.1. The summed E-state index contributed by atoms with van der Waals surface area (Å²) in [5.41, 5.74) is 6.99. The van der Waals surface area contributed by atoms with Gasteiger partial charge in [0.1, 0.15) is 5.03 Å². The highest BCUT2D eigenvalue weighted by Gasteiger charge is 2.15. The number of benzene rings is 1. The number of rotatable bonds is 3. The number of hydrogen-bond acceptors (Lipinski definition) is 5. The topological polar surface area (TPSA) is 74.4 Å². The van der Waals surface area contributed by atoms with Crippen LogP contribution >= 0.6 is 11.8 Å². The van der Waals surface area contributed by atoms with Crippen LogP contribution in [0.3, 0.4) is 0 Å². The van der Waals surface area contributed by atoms with Crippen LogP contribution in [0.15, 0.2) is 23.2 Å². The standard InChI is InChI=1S/C13H12N2O3S/c1-7-2-8-3-10-11(18-6-17-10)4-9(8)15-13(7)19-5-12(14)16/h2-4H,5-6H2,1H3,(H2,14,16). The first-order valence-electron chi connectivity index (χ1n) is 5.75. The summed E-state index contributed by atoms with van der Waals surface area (Å²) in [6.45, 7) is 2.20. The van der Waals surface area contributed by atoms with E-state index < -0.39 is 0 Å². The van der Waals surface area contributed by atoms with E-state index in [-0.39, 0.29) is 18.5 Å². The predicted octanol–water partition coefficient (Wildman–Crippen LogP) is 1.85. The maximum absolute atomic E-state index is 10.8. The molecule has 1 aromatic carbocycles. The van der Waals surface area contributed by atoms with Gasteiger partial charge in [-0.05, 0) is 24.6 Å². The van der Waals surface area contributed by atoms with Crippen LogP contribution in [0.1, 0.15) is 5.56 Å². The molecule has 1 aliphatic rings. The summed E-state index contributed by atoms with van der Waals surface area (Å²) >= 11 is 1.35. The van der Waals surface area contributed by atoms with Crippen molar-refractivity contribution < 1.29 is 14.3 Å². The molecule has 2 N–H and O–H groups in total. The number of thioether (sulfide) groups is 1. The van der Waals surface area contributed by atoms with Crippen molar-refractivity contribution in [2.24, 2.45) is 5.73 Å². The summed E-state index contributed by atoms with van der Waals surface area (Å²) < 4.78 is 10.7. The number of aromatic nitrogens is 1. The monoisotopic (exact) mass is 276 g/mol. The lowest BCUT2D eigenvalue weighted by molar-refractivity contribution is -0.115. The van der Waals surface area contributed by atoms with Crippen molar-refractivity contribution in [3.05, 3.63) is 23.8 Å². The van der Waals surface area contributed by atoms with Crippen molar-refractivity contribution in [1.82, 2.24) is 4.98 Å². The zero-order valence-corrected chi connectivity index (χ0v) is 11.1. The molecule has 0 saturated carbocycles. The molecule has 2 heterocycles. The number of nitrogens with zero attached hydrogens (tertiary/aromatic N) is 1. The molecule has 0 bridgehead atoms. The first-order valence-corrected chi connectivity index (χ1v) is 6.74. The molecule has 3 rings (SSSR count). The number of fused-ring (bicyclic) bond motifs is 2. The molecule has 0 spiro atoms. The minimum absolute atomic E-state index is 0.226.